The molecule has 0 saturated carbocycles. The predicted molar refractivity (Wildman–Crippen MR) is 75.0 cm³/mol. The second-order valence-corrected chi connectivity index (χ2v) is 5.77. The van der Waals surface area contributed by atoms with E-state index in [1.54, 1.807) is 6.07 Å². The van der Waals surface area contributed by atoms with E-state index in [9.17, 15) is 13.2 Å². The van der Waals surface area contributed by atoms with Crippen LogP contribution in [-0.2, 0) is 6.18 Å². The largest absolute Gasteiger partial charge is 0.417 e. The van der Waals surface area contributed by atoms with E-state index < -0.39 is 11.7 Å². The lowest BCUT2D eigenvalue weighted by Crippen LogP contribution is -2.26. The summed E-state index contributed by atoms with van der Waals surface area (Å²) >= 11 is 2.96. The van der Waals surface area contributed by atoms with Gasteiger partial charge in [0.2, 0.25) is 0 Å². The summed E-state index contributed by atoms with van der Waals surface area (Å²) in [6.45, 7) is 6.83. The highest BCUT2D eigenvalue weighted by Gasteiger charge is 2.33. The van der Waals surface area contributed by atoms with Gasteiger partial charge >= 0.3 is 6.18 Å². The number of halogens is 4. The van der Waals surface area contributed by atoms with Crippen LogP contribution in [0.3, 0.4) is 0 Å². The molecule has 0 amide bonds. The lowest BCUT2D eigenvalue weighted by atomic mass is 9.94. The lowest BCUT2D eigenvalue weighted by molar-refractivity contribution is -0.138. The molecule has 1 atom stereocenters. The van der Waals surface area contributed by atoms with Crippen molar-refractivity contribution in [2.45, 2.75) is 39.4 Å². The van der Waals surface area contributed by atoms with Gasteiger partial charge in [0.1, 0.15) is 0 Å². The molecule has 1 aromatic carbocycles. The molecule has 0 saturated heterocycles. The molecule has 5 heteroatoms. The Labute approximate surface area is 120 Å². The standard InChI is InChI=1S/C14H19BrF3N/c1-4-7-19-13(9(2)3)10-5-6-12(15)11(8-10)14(16,17)18/h5-6,8-9,13,19H,4,7H2,1-3H3. The first kappa shape index (κ1) is 16.5. The van der Waals surface area contributed by atoms with Gasteiger partial charge in [-0.3, -0.25) is 0 Å². The number of nitrogens with one attached hydrogen (secondary N) is 1. The van der Waals surface area contributed by atoms with Gasteiger partial charge in [-0.1, -0.05) is 42.8 Å². The minimum absolute atomic E-state index is 0.0610. The molecule has 1 nitrogen and oxygen atoms in total. The lowest BCUT2D eigenvalue weighted by Gasteiger charge is -2.24. The maximum atomic E-state index is 12.9. The van der Waals surface area contributed by atoms with Crippen molar-refractivity contribution >= 4 is 15.9 Å². The Hall–Kier alpha value is -0.550. The minimum Gasteiger partial charge on any atom is -0.310 e. The first-order valence-corrected chi connectivity index (χ1v) is 7.16. The van der Waals surface area contributed by atoms with Gasteiger partial charge < -0.3 is 5.32 Å². The smallest absolute Gasteiger partial charge is 0.310 e. The summed E-state index contributed by atoms with van der Waals surface area (Å²) in [5, 5.41) is 3.30. The Balaban J connectivity index is 3.11. The molecular weight excluding hydrogens is 319 g/mol. The van der Waals surface area contributed by atoms with Crippen LogP contribution in [0.4, 0.5) is 13.2 Å². The highest BCUT2D eigenvalue weighted by Crippen LogP contribution is 2.37. The summed E-state index contributed by atoms with van der Waals surface area (Å²) in [5.74, 6) is 0.230. The first-order chi connectivity index (χ1) is 8.77. The molecule has 108 valence electrons. The average molecular weight is 338 g/mol. The quantitative estimate of drug-likeness (QED) is 0.781. The zero-order valence-electron chi connectivity index (χ0n) is 11.3. The first-order valence-electron chi connectivity index (χ1n) is 6.37. The van der Waals surface area contributed by atoms with Crippen molar-refractivity contribution in [2.24, 2.45) is 5.92 Å². The fraction of sp³-hybridized carbons (Fsp3) is 0.571. The third-order valence-corrected chi connectivity index (χ3v) is 3.63. The number of hydrogen-bond donors (Lipinski definition) is 1. The molecule has 0 aromatic heterocycles. The van der Waals surface area contributed by atoms with E-state index in [0.29, 0.717) is 5.56 Å². The third kappa shape index (κ3) is 4.49. The molecular formula is C14H19BrF3N. The van der Waals surface area contributed by atoms with Gasteiger partial charge in [0.25, 0.3) is 0 Å². The van der Waals surface area contributed by atoms with Crippen LogP contribution in [0, 0.1) is 5.92 Å². The van der Waals surface area contributed by atoms with Crippen molar-refractivity contribution in [3.8, 4) is 0 Å². The maximum absolute atomic E-state index is 12.9. The van der Waals surface area contributed by atoms with Crippen molar-refractivity contribution < 1.29 is 13.2 Å². The second kappa shape index (κ2) is 6.75. The molecule has 0 aliphatic rings. The van der Waals surface area contributed by atoms with E-state index in [4.69, 9.17) is 0 Å². The molecule has 0 radical (unpaired) electrons. The van der Waals surface area contributed by atoms with Crippen molar-refractivity contribution in [2.75, 3.05) is 6.54 Å². The van der Waals surface area contributed by atoms with Crippen LogP contribution in [0.1, 0.15) is 44.4 Å². The van der Waals surface area contributed by atoms with E-state index in [0.717, 1.165) is 13.0 Å². The molecule has 0 bridgehead atoms. The Kier molecular flexibility index (Phi) is 5.86. The van der Waals surface area contributed by atoms with Gasteiger partial charge in [-0.15, -0.1) is 0 Å². The molecule has 0 fully saturated rings. The molecule has 0 aliphatic carbocycles. The Morgan fingerprint density at radius 3 is 2.37 bits per heavy atom. The monoisotopic (exact) mass is 337 g/mol. The van der Waals surface area contributed by atoms with Gasteiger partial charge in [-0.25, -0.2) is 0 Å². The van der Waals surface area contributed by atoms with Crippen LogP contribution in [0.15, 0.2) is 22.7 Å². The summed E-state index contributed by atoms with van der Waals surface area (Å²) in [6, 6.07) is 4.39. The predicted octanol–water partition coefficient (Wildman–Crippen LogP) is 5.16. The number of rotatable bonds is 5. The van der Waals surface area contributed by atoms with Gasteiger partial charge in [-0.05, 0) is 36.6 Å². The number of alkyl halides is 3. The number of benzene rings is 1. The molecule has 0 spiro atoms. The third-order valence-electron chi connectivity index (χ3n) is 2.94. The Bertz CT molecular complexity index is 416. The topological polar surface area (TPSA) is 12.0 Å². The fourth-order valence-corrected chi connectivity index (χ4v) is 2.46. The van der Waals surface area contributed by atoms with Crippen LogP contribution in [0.5, 0.6) is 0 Å². The van der Waals surface area contributed by atoms with Crippen LogP contribution >= 0.6 is 15.9 Å². The van der Waals surface area contributed by atoms with Crippen LogP contribution in [0.25, 0.3) is 0 Å². The SMILES string of the molecule is CCCNC(c1ccc(Br)c(C(F)(F)F)c1)C(C)C. The zero-order valence-corrected chi connectivity index (χ0v) is 12.9. The summed E-state index contributed by atoms with van der Waals surface area (Å²) in [5.41, 5.74) is 0.0629. The second-order valence-electron chi connectivity index (χ2n) is 4.91. The van der Waals surface area contributed by atoms with E-state index in [1.807, 2.05) is 20.8 Å². The Morgan fingerprint density at radius 2 is 1.89 bits per heavy atom. The van der Waals surface area contributed by atoms with Crippen LogP contribution in [0.2, 0.25) is 0 Å². The summed E-state index contributed by atoms with van der Waals surface area (Å²) < 4.78 is 38.8. The molecule has 1 unspecified atom stereocenters. The zero-order chi connectivity index (χ0) is 14.6. The van der Waals surface area contributed by atoms with Crippen molar-refractivity contribution in [1.29, 1.82) is 0 Å². The molecule has 1 N–H and O–H groups in total. The van der Waals surface area contributed by atoms with Crippen molar-refractivity contribution in [3.05, 3.63) is 33.8 Å². The number of hydrogen-bond acceptors (Lipinski definition) is 1. The molecule has 1 aromatic rings. The highest BCUT2D eigenvalue weighted by atomic mass is 79.9. The summed E-state index contributed by atoms with van der Waals surface area (Å²) in [7, 11) is 0. The fourth-order valence-electron chi connectivity index (χ4n) is 1.99. The van der Waals surface area contributed by atoms with E-state index in [1.165, 1.54) is 12.1 Å². The van der Waals surface area contributed by atoms with Crippen molar-refractivity contribution in [3.63, 3.8) is 0 Å². The average Bonchev–Trinajstić information content (AvgIpc) is 2.29. The molecule has 0 heterocycles. The Morgan fingerprint density at radius 1 is 1.26 bits per heavy atom. The van der Waals surface area contributed by atoms with Crippen LogP contribution < -0.4 is 5.32 Å². The highest BCUT2D eigenvalue weighted by molar-refractivity contribution is 9.10. The van der Waals surface area contributed by atoms with E-state index in [-0.39, 0.29) is 16.4 Å². The maximum Gasteiger partial charge on any atom is 0.417 e. The summed E-state index contributed by atoms with van der Waals surface area (Å²) in [4.78, 5) is 0. The normalized spacial score (nSPS) is 13.9. The van der Waals surface area contributed by atoms with Gasteiger partial charge in [-0.2, -0.15) is 13.2 Å². The van der Waals surface area contributed by atoms with Gasteiger partial charge in [0.05, 0.1) is 5.56 Å². The molecule has 1 rings (SSSR count). The minimum atomic E-state index is -4.33. The summed E-state index contributed by atoms with van der Waals surface area (Å²) in [6.07, 6.45) is -3.38. The molecule has 0 aliphatic heterocycles. The van der Waals surface area contributed by atoms with E-state index in [2.05, 4.69) is 21.2 Å². The van der Waals surface area contributed by atoms with Crippen molar-refractivity contribution in [1.82, 2.24) is 5.32 Å². The van der Waals surface area contributed by atoms with E-state index >= 15 is 0 Å². The molecule has 19 heavy (non-hydrogen) atoms. The van der Waals surface area contributed by atoms with Gasteiger partial charge in [0.15, 0.2) is 0 Å². The van der Waals surface area contributed by atoms with Gasteiger partial charge in [0, 0.05) is 10.5 Å². The van der Waals surface area contributed by atoms with Crippen LogP contribution in [-0.4, -0.2) is 6.54 Å².